The fourth-order valence-electron chi connectivity index (χ4n) is 4.75. The highest BCUT2D eigenvalue weighted by Crippen LogP contribution is 2.56. The van der Waals surface area contributed by atoms with Gasteiger partial charge >= 0.3 is 0 Å². The van der Waals surface area contributed by atoms with E-state index in [2.05, 4.69) is 45.0 Å². The first-order valence-corrected chi connectivity index (χ1v) is 7.12. The van der Waals surface area contributed by atoms with Gasteiger partial charge in [-0.2, -0.15) is 0 Å². The molecule has 0 heteroatoms. The summed E-state index contributed by atoms with van der Waals surface area (Å²) in [6.45, 7) is 7.50. The van der Waals surface area contributed by atoms with Gasteiger partial charge in [0.15, 0.2) is 0 Å². The van der Waals surface area contributed by atoms with E-state index < -0.39 is 0 Å². The van der Waals surface area contributed by atoms with Crippen molar-refractivity contribution in [2.45, 2.75) is 58.3 Å². The van der Waals surface area contributed by atoms with Crippen molar-refractivity contribution in [3.63, 3.8) is 0 Å². The Labute approximate surface area is 105 Å². The summed E-state index contributed by atoms with van der Waals surface area (Å²) in [4.78, 5) is 0. The van der Waals surface area contributed by atoms with Crippen molar-refractivity contribution < 1.29 is 0 Å². The van der Waals surface area contributed by atoms with Crippen molar-refractivity contribution in [2.24, 2.45) is 11.3 Å². The zero-order valence-corrected chi connectivity index (χ0v) is 11.4. The highest BCUT2D eigenvalue weighted by molar-refractivity contribution is 5.38. The maximum Gasteiger partial charge on any atom is -0.00391 e. The van der Waals surface area contributed by atoms with Gasteiger partial charge < -0.3 is 0 Å². The highest BCUT2D eigenvalue weighted by atomic mass is 14.5. The molecule has 0 radical (unpaired) electrons. The molecular weight excluding hydrogens is 204 g/mol. The number of benzene rings is 1. The summed E-state index contributed by atoms with van der Waals surface area (Å²) in [6, 6.07) is 9.17. The average Bonchev–Trinajstić information content (AvgIpc) is 2.28. The Balaban J connectivity index is 2.11. The summed E-state index contributed by atoms with van der Waals surface area (Å²) in [5, 5.41) is 0. The van der Waals surface area contributed by atoms with Gasteiger partial charge in [-0.05, 0) is 53.6 Å². The molecule has 2 aliphatic carbocycles. The molecule has 92 valence electrons. The molecule has 0 unspecified atom stereocenters. The van der Waals surface area contributed by atoms with Crippen LogP contribution < -0.4 is 0 Å². The van der Waals surface area contributed by atoms with E-state index in [-0.39, 0.29) is 0 Å². The largest absolute Gasteiger partial charge is 0.0620 e. The maximum atomic E-state index is 2.52. The Morgan fingerprint density at radius 3 is 2.65 bits per heavy atom. The van der Waals surface area contributed by atoms with Crippen LogP contribution in [0, 0.1) is 11.3 Å². The summed E-state index contributed by atoms with van der Waals surface area (Å²) in [6.07, 6.45) is 6.88. The molecule has 1 aromatic rings. The van der Waals surface area contributed by atoms with Gasteiger partial charge in [0.2, 0.25) is 0 Å². The van der Waals surface area contributed by atoms with E-state index in [1.54, 1.807) is 11.1 Å². The lowest BCUT2D eigenvalue weighted by Gasteiger charge is -2.54. The van der Waals surface area contributed by atoms with Crippen LogP contribution in [-0.4, -0.2) is 0 Å². The lowest BCUT2D eigenvalue weighted by molar-refractivity contribution is 0.0407. The number of hydrogen-bond acceptors (Lipinski definition) is 0. The Hall–Kier alpha value is -0.780. The summed E-state index contributed by atoms with van der Waals surface area (Å²) in [5.41, 5.74) is 4.24. The third kappa shape index (κ3) is 1.57. The van der Waals surface area contributed by atoms with Gasteiger partial charge in [0.25, 0.3) is 0 Å². The monoisotopic (exact) mass is 228 g/mol. The van der Waals surface area contributed by atoms with Crippen molar-refractivity contribution >= 4 is 0 Å². The van der Waals surface area contributed by atoms with E-state index in [4.69, 9.17) is 0 Å². The Bertz CT molecular complexity index is 429. The van der Waals surface area contributed by atoms with E-state index in [0.717, 1.165) is 5.92 Å². The molecule has 2 atom stereocenters. The standard InChI is InChI=1S/C17H24/c1-16(2)11-6-12-17(3)14-8-5-4-7-13(14)9-10-15(16)17/h4-5,7-8,15H,6,9-12H2,1-3H3/t15-,17+/m0/s1. The van der Waals surface area contributed by atoms with Crippen LogP contribution in [0.15, 0.2) is 24.3 Å². The first-order chi connectivity index (χ1) is 8.04. The van der Waals surface area contributed by atoms with Crippen LogP contribution in [0.4, 0.5) is 0 Å². The third-order valence-corrected chi connectivity index (χ3v) is 5.56. The second kappa shape index (κ2) is 3.60. The van der Waals surface area contributed by atoms with Gasteiger partial charge in [0, 0.05) is 0 Å². The van der Waals surface area contributed by atoms with Crippen LogP contribution in [0.3, 0.4) is 0 Å². The van der Waals surface area contributed by atoms with Crippen molar-refractivity contribution in [1.29, 1.82) is 0 Å². The molecule has 1 fully saturated rings. The molecule has 0 nitrogen and oxygen atoms in total. The molecule has 3 rings (SSSR count). The van der Waals surface area contributed by atoms with E-state index in [1.165, 1.54) is 32.1 Å². The SMILES string of the molecule is CC1(C)CCC[C@]2(C)c3ccccc3CC[C@@H]12. The van der Waals surface area contributed by atoms with E-state index in [9.17, 15) is 0 Å². The zero-order chi connectivity index (χ0) is 12.1. The Kier molecular flexibility index (Phi) is 2.40. The first kappa shape index (κ1) is 11.3. The maximum absolute atomic E-state index is 2.52. The smallest absolute Gasteiger partial charge is 0.00391 e. The third-order valence-electron chi connectivity index (χ3n) is 5.56. The minimum absolute atomic E-state index is 0.441. The van der Waals surface area contributed by atoms with Crippen molar-refractivity contribution in [3.05, 3.63) is 35.4 Å². The van der Waals surface area contributed by atoms with Gasteiger partial charge in [-0.1, -0.05) is 51.5 Å². The van der Waals surface area contributed by atoms with Gasteiger partial charge in [-0.25, -0.2) is 0 Å². The van der Waals surface area contributed by atoms with Gasteiger partial charge in [-0.15, -0.1) is 0 Å². The van der Waals surface area contributed by atoms with Crippen LogP contribution in [0.1, 0.15) is 57.6 Å². The predicted octanol–water partition coefficient (Wildman–Crippen LogP) is 4.72. The fourth-order valence-corrected chi connectivity index (χ4v) is 4.75. The molecule has 2 aliphatic rings. The van der Waals surface area contributed by atoms with Crippen LogP contribution in [-0.2, 0) is 11.8 Å². The molecule has 1 saturated carbocycles. The van der Waals surface area contributed by atoms with Crippen molar-refractivity contribution in [3.8, 4) is 0 Å². The molecule has 0 aromatic heterocycles. The molecule has 0 spiro atoms. The summed E-state index contributed by atoms with van der Waals surface area (Å²) < 4.78 is 0. The van der Waals surface area contributed by atoms with Crippen molar-refractivity contribution in [1.82, 2.24) is 0 Å². The molecule has 17 heavy (non-hydrogen) atoms. The number of rotatable bonds is 0. The molecule has 0 N–H and O–H groups in total. The lowest BCUT2D eigenvalue weighted by atomic mass is 9.50. The van der Waals surface area contributed by atoms with E-state index in [0.29, 0.717) is 10.8 Å². The van der Waals surface area contributed by atoms with Crippen LogP contribution in [0.5, 0.6) is 0 Å². The normalized spacial score (nSPS) is 34.9. The lowest BCUT2D eigenvalue weighted by Crippen LogP contribution is -2.47. The molecule has 0 heterocycles. The number of aryl methyl sites for hydroxylation is 1. The number of fused-ring (bicyclic) bond motifs is 3. The van der Waals surface area contributed by atoms with Gasteiger partial charge in [-0.3, -0.25) is 0 Å². The molecule has 0 bridgehead atoms. The Morgan fingerprint density at radius 2 is 1.82 bits per heavy atom. The predicted molar refractivity (Wildman–Crippen MR) is 73.2 cm³/mol. The average molecular weight is 228 g/mol. The quantitative estimate of drug-likeness (QED) is 0.603. The molecule has 0 saturated heterocycles. The Morgan fingerprint density at radius 1 is 1.06 bits per heavy atom. The summed E-state index contributed by atoms with van der Waals surface area (Å²) in [5.74, 6) is 0.874. The minimum Gasteiger partial charge on any atom is -0.0620 e. The first-order valence-electron chi connectivity index (χ1n) is 7.12. The topological polar surface area (TPSA) is 0 Å². The highest BCUT2D eigenvalue weighted by Gasteiger charge is 2.49. The summed E-state index contributed by atoms with van der Waals surface area (Å²) in [7, 11) is 0. The van der Waals surface area contributed by atoms with Crippen LogP contribution in [0.25, 0.3) is 0 Å². The van der Waals surface area contributed by atoms with Crippen LogP contribution in [0.2, 0.25) is 0 Å². The van der Waals surface area contributed by atoms with Crippen molar-refractivity contribution in [2.75, 3.05) is 0 Å². The summed E-state index contributed by atoms with van der Waals surface area (Å²) >= 11 is 0. The second-order valence-corrected chi connectivity index (χ2v) is 7.01. The molecule has 0 amide bonds. The van der Waals surface area contributed by atoms with Gasteiger partial charge in [0.05, 0.1) is 0 Å². The molecule has 0 aliphatic heterocycles. The molecular formula is C17H24. The van der Waals surface area contributed by atoms with Crippen LogP contribution >= 0.6 is 0 Å². The van der Waals surface area contributed by atoms with E-state index in [1.807, 2.05) is 0 Å². The van der Waals surface area contributed by atoms with Gasteiger partial charge in [0.1, 0.15) is 0 Å². The zero-order valence-electron chi connectivity index (χ0n) is 11.4. The van der Waals surface area contributed by atoms with E-state index >= 15 is 0 Å². The second-order valence-electron chi connectivity index (χ2n) is 7.01. The minimum atomic E-state index is 0.441. The molecule has 1 aromatic carbocycles. The fraction of sp³-hybridized carbons (Fsp3) is 0.647. The number of hydrogen-bond donors (Lipinski definition) is 0.